The molecule has 1 aromatic carbocycles. The van der Waals surface area contributed by atoms with E-state index in [4.69, 9.17) is 14.9 Å². The Morgan fingerprint density at radius 3 is 1.67 bits per heavy atom. The second-order valence-electron chi connectivity index (χ2n) is 14.2. The number of carbonyl (C=O) groups is 2. The summed E-state index contributed by atoms with van der Waals surface area (Å²) in [5, 5.41) is 37.0. The number of hydrogen-bond donors (Lipinski definition) is 4. The Kier molecular flexibility index (Phi) is 28.8. The molecule has 1 fully saturated rings. The number of ether oxygens (including phenoxy) is 1. The lowest BCUT2D eigenvalue weighted by molar-refractivity contribution is -0.138. The van der Waals surface area contributed by atoms with Gasteiger partial charge < -0.3 is 25.2 Å². The number of rotatable bonds is 28. The molecular formula is C44H67F3O7. The van der Waals surface area contributed by atoms with Gasteiger partial charge in [0.1, 0.15) is 18.5 Å². The molecule has 54 heavy (non-hydrogen) atoms. The highest BCUT2D eigenvalue weighted by atomic mass is 19.4. The summed E-state index contributed by atoms with van der Waals surface area (Å²) in [5.41, 5.74) is -0.786. The van der Waals surface area contributed by atoms with Crippen LogP contribution in [0.3, 0.4) is 0 Å². The highest BCUT2D eigenvalue weighted by Crippen LogP contribution is 2.31. The Morgan fingerprint density at radius 1 is 0.685 bits per heavy atom. The first kappa shape index (κ1) is 48.6. The normalized spacial score (nSPS) is 15.2. The smallest absolute Gasteiger partial charge is 0.416 e. The summed E-state index contributed by atoms with van der Waals surface area (Å²) in [7, 11) is 0. The van der Waals surface area contributed by atoms with Crippen molar-refractivity contribution >= 4 is 11.9 Å². The van der Waals surface area contributed by atoms with Crippen LogP contribution < -0.4 is 4.74 Å². The van der Waals surface area contributed by atoms with E-state index in [1.165, 1.54) is 76.0 Å². The number of benzene rings is 1. The number of unbranched alkanes of at least 4 members (excludes halogenated alkanes) is 14. The molecule has 7 nitrogen and oxygen atoms in total. The van der Waals surface area contributed by atoms with Crippen LogP contribution in [-0.4, -0.2) is 51.2 Å². The SMILES string of the molecule is O=C(O)CCCCCCCCC/C=C\C=C\C(O)C1CCCCC1.O=C(O)CCCCCCCCC/C=C\C=C\C(O)COc1cccc(C(F)(F)F)c1. The summed E-state index contributed by atoms with van der Waals surface area (Å²) in [5.74, 6) is -0.873. The van der Waals surface area contributed by atoms with Gasteiger partial charge in [0, 0.05) is 12.8 Å². The van der Waals surface area contributed by atoms with Gasteiger partial charge in [-0.05, 0) is 75.5 Å². The monoisotopic (exact) mass is 764 g/mol. The van der Waals surface area contributed by atoms with Gasteiger partial charge in [-0.1, -0.05) is 138 Å². The highest BCUT2D eigenvalue weighted by molar-refractivity contribution is 5.66. The van der Waals surface area contributed by atoms with Gasteiger partial charge in [-0.3, -0.25) is 9.59 Å². The maximum atomic E-state index is 12.6. The molecule has 4 N–H and O–H groups in total. The Morgan fingerprint density at radius 2 is 1.17 bits per heavy atom. The molecule has 0 saturated heterocycles. The van der Waals surface area contributed by atoms with Gasteiger partial charge in [-0.2, -0.15) is 13.2 Å². The van der Waals surface area contributed by atoms with Crippen LogP contribution in [0.2, 0.25) is 0 Å². The van der Waals surface area contributed by atoms with Gasteiger partial charge in [0.15, 0.2) is 0 Å². The van der Waals surface area contributed by atoms with E-state index in [2.05, 4.69) is 12.2 Å². The van der Waals surface area contributed by atoms with Crippen molar-refractivity contribution < 1.29 is 47.9 Å². The van der Waals surface area contributed by atoms with Crippen molar-refractivity contribution in [1.29, 1.82) is 0 Å². The number of aliphatic hydroxyl groups is 2. The largest absolute Gasteiger partial charge is 0.491 e. The quantitative estimate of drug-likeness (QED) is 0.0494. The predicted molar refractivity (Wildman–Crippen MR) is 210 cm³/mol. The number of allylic oxidation sites excluding steroid dienone is 6. The first-order valence-corrected chi connectivity index (χ1v) is 20.3. The third-order valence-electron chi connectivity index (χ3n) is 9.37. The zero-order chi connectivity index (χ0) is 39.7. The maximum absolute atomic E-state index is 12.6. The van der Waals surface area contributed by atoms with Crippen molar-refractivity contribution in [3.05, 3.63) is 78.4 Å². The van der Waals surface area contributed by atoms with Crippen molar-refractivity contribution in [2.45, 2.75) is 166 Å². The van der Waals surface area contributed by atoms with Crippen molar-refractivity contribution in [1.82, 2.24) is 0 Å². The fraction of sp³-hybridized carbons (Fsp3) is 0.636. The van der Waals surface area contributed by atoms with E-state index < -0.39 is 29.8 Å². The van der Waals surface area contributed by atoms with E-state index in [1.54, 1.807) is 6.08 Å². The van der Waals surface area contributed by atoms with Crippen molar-refractivity contribution in [3.8, 4) is 5.75 Å². The Labute approximate surface area is 322 Å². The second-order valence-corrected chi connectivity index (χ2v) is 14.2. The molecule has 306 valence electrons. The van der Waals surface area contributed by atoms with E-state index in [0.29, 0.717) is 12.3 Å². The van der Waals surface area contributed by atoms with E-state index in [0.717, 1.165) is 89.2 Å². The van der Waals surface area contributed by atoms with Gasteiger partial charge >= 0.3 is 18.1 Å². The van der Waals surface area contributed by atoms with Crippen LogP contribution in [-0.2, 0) is 15.8 Å². The summed E-state index contributed by atoms with van der Waals surface area (Å²) in [6, 6.07) is 4.56. The number of aliphatic hydroxyl groups excluding tert-OH is 2. The third-order valence-corrected chi connectivity index (χ3v) is 9.37. The lowest BCUT2D eigenvalue weighted by Gasteiger charge is -2.24. The molecule has 1 saturated carbocycles. The molecule has 2 atom stereocenters. The summed E-state index contributed by atoms with van der Waals surface area (Å²) >= 11 is 0. The number of halogens is 3. The minimum Gasteiger partial charge on any atom is -0.491 e. The standard InChI is InChI=1S/C23H31F3O4.C21H36O3/c24-23(25,26)19-13-12-15-21(17-19)30-18-20(27)14-10-8-6-4-2-1-3-5-7-9-11-16-22(28)29;22-20(19-15-11-10-12-16-19)17-13-8-6-4-2-1-3-5-7-9-14-18-21(23)24/h6,8,10,12-15,17,20,27H,1-5,7,9,11,16,18H2,(H,28,29);6,8,13,17,19-20,22H,1-5,7,9-12,14-16,18H2,(H,23,24)/b8-6-,14-10+;8-6-,17-13+. The highest BCUT2D eigenvalue weighted by Gasteiger charge is 2.30. The fourth-order valence-electron chi connectivity index (χ4n) is 6.20. The zero-order valence-corrected chi connectivity index (χ0v) is 32.3. The number of hydrogen-bond acceptors (Lipinski definition) is 5. The molecular weight excluding hydrogens is 697 g/mol. The number of aliphatic carboxylic acids is 2. The summed E-state index contributed by atoms with van der Waals surface area (Å²) in [4.78, 5) is 20.8. The predicted octanol–water partition coefficient (Wildman–Crippen LogP) is 11.8. The van der Waals surface area contributed by atoms with E-state index in [-0.39, 0.29) is 24.9 Å². The molecule has 1 aliphatic carbocycles. The zero-order valence-electron chi connectivity index (χ0n) is 32.3. The van der Waals surface area contributed by atoms with Crippen molar-refractivity contribution in [2.75, 3.05) is 6.61 Å². The molecule has 0 radical (unpaired) electrons. The van der Waals surface area contributed by atoms with Gasteiger partial charge in [0.05, 0.1) is 11.7 Å². The third kappa shape index (κ3) is 29.0. The first-order valence-electron chi connectivity index (χ1n) is 20.3. The molecule has 1 aliphatic rings. The molecule has 0 heterocycles. The molecule has 0 aromatic heterocycles. The van der Waals surface area contributed by atoms with E-state index >= 15 is 0 Å². The second kappa shape index (κ2) is 31.9. The van der Waals surface area contributed by atoms with Crippen LogP contribution in [0, 0.1) is 5.92 Å². The Hall–Kier alpha value is -3.37. The van der Waals surface area contributed by atoms with Crippen molar-refractivity contribution in [3.63, 3.8) is 0 Å². The molecule has 1 aromatic rings. The molecule has 2 unspecified atom stereocenters. The number of carboxylic acids is 2. The lowest BCUT2D eigenvalue weighted by Crippen LogP contribution is -2.20. The van der Waals surface area contributed by atoms with Crippen LogP contribution in [0.1, 0.15) is 153 Å². The van der Waals surface area contributed by atoms with Crippen LogP contribution >= 0.6 is 0 Å². The fourth-order valence-corrected chi connectivity index (χ4v) is 6.20. The van der Waals surface area contributed by atoms with Crippen LogP contribution in [0.5, 0.6) is 5.75 Å². The van der Waals surface area contributed by atoms with E-state index in [9.17, 15) is 33.0 Å². The van der Waals surface area contributed by atoms with E-state index in [1.807, 2.05) is 24.3 Å². The molecule has 0 aliphatic heterocycles. The van der Waals surface area contributed by atoms with Gasteiger partial charge in [-0.25, -0.2) is 0 Å². The molecule has 0 amide bonds. The van der Waals surface area contributed by atoms with Gasteiger partial charge in [-0.15, -0.1) is 0 Å². The average Bonchev–Trinajstić information content (AvgIpc) is 3.14. The summed E-state index contributed by atoms with van der Waals surface area (Å²) in [6.45, 7) is -0.127. The van der Waals surface area contributed by atoms with Gasteiger partial charge in [0.2, 0.25) is 0 Å². The molecule has 0 spiro atoms. The first-order chi connectivity index (χ1) is 26.0. The summed E-state index contributed by atoms with van der Waals surface area (Å²) < 4.78 is 43.2. The number of carboxylic acid groups (broad SMARTS) is 2. The van der Waals surface area contributed by atoms with Gasteiger partial charge in [0.25, 0.3) is 0 Å². The minimum atomic E-state index is -4.43. The molecule has 2 rings (SSSR count). The average molecular weight is 765 g/mol. The summed E-state index contributed by atoms with van der Waals surface area (Å²) in [6.07, 6.45) is 33.7. The maximum Gasteiger partial charge on any atom is 0.416 e. The topological polar surface area (TPSA) is 124 Å². The molecule has 10 heteroatoms. The van der Waals surface area contributed by atoms with Crippen LogP contribution in [0.4, 0.5) is 13.2 Å². The van der Waals surface area contributed by atoms with Crippen LogP contribution in [0.25, 0.3) is 0 Å². The minimum absolute atomic E-state index is 0.0645. The number of alkyl halides is 3. The lowest BCUT2D eigenvalue weighted by atomic mass is 9.85. The van der Waals surface area contributed by atoms with Crippen molar-refractivity contribution in [2.24, 2.45) is 5.92 Å². The van der Waals surface area contributed by atoms with Crippen LogP contribution in [0.15, 0.2) is 72.9 Å². The Bertz CT molecular complexity index is 1220. The Balaban J connectivity index is 0.000000553. The molecule has 0 bridgehead atoms.